The number of hydrogen-bond donors (Lipinski definition) is 2. The number of hydrogen-bond acceptors (Lipinski definition) is 4. The summed E-state index contributed by atoms with van der Waals surface area (Å²) in [7, 11) is 0. The van der Waals surface area contributed by atoms with Gasteiger partial charge in [0, 0.05) is 12.1 Å². The first-order chi connectivity index (χ1) is 14.5. The molecule has 2 N–H and O–H groups in total. The fraction of sp³-hybridized carbons (Fsp3) is 0.208. The Kier molecular flexibility index (Phi) is 7.16. The van der Waals surface area contributed by atoms with Gasteiger partial charge in [0.2, 0.25) is 0 Å². The molecule has 0 heterocycles. The molecule has 30 heavy (non-hydrogen) atoms. The van der Waals surface area contributed by atoms with Gasteiger partial charge in [0.1, 0.15) is 6.54 Å². The second-order valence-corrected chi connectivity index (χ2v) is 6.93. The highest BCUT2D eigenvalue weighted by molar-refractivity contribution is 5.99. The normalized spacial score (nSPS) is 10.4. The van der Waals surface area contributed by atoms with Crippen molar-refractivity contribution in [2.24, 2.45) is 0 Å². The maximum absolute atomic E-state index is 12.2. The topological polar surface area (TPSA) is 84.5 Å². The highest BCUT2D eigenvalue weighted by Crippen LogP contribution is 2.15. The van der Waals surface area contributed by atoms with Crippen LogP contribution in [0.2, 0.25) is 0 Å². The summed E-state index contributed by atoms with van der Waals surface area (Å²) in [4.78, 5) is 35.9. The van der Waals surface area contributed by atoms with Crippen LogP contribution in [-0.2, 0) is 20.7 Å². The third kappa shape index (κ3) is 5.91. The maximum Gasteiger partial charge on any atom is 0.325 e. The molecule has 0 radical (unpaired) electrons. The molecule has 154 valence electrons. The molecule has 0 fully saturated rings. The molecular formula is C24H24N2O4. The molecule has 2 amide bonds. The average Bonchev–Trinajstić information content (AvgIpc) is 2.77. The Hall–Kier alpha value is -3.67. The molecule has 6 nitrogen and oxygen atoms in total. The van der Waals surface area contributed by atoms with E-state index in [1.54, 1.807) is 12.1 Å². The first kappa shape index (κ1) is 21.0. The Labute approximate surface area is 175 Å². The number of benzene rings is 3. The molecule has 3 aromatic carbocycles. The summed E-state index contributed by atoms with van der Waals surface area (Å²) in [6, 6.07) is 21.0. The maximum atomic E-state index is 12.2. The number of ether oxygens (including phenoxy) is 1. The van der Waals surface area contributed by atoms with Gasteiger partial charge in [-0.3, -0.25) is 14.4 Å². The van der Waals surface area contributed by atoms with Crippen molar-refractivity contribution < 1.29 is 19.1 Å². The van der Waals surface area contributed by atoms with E-state index in [1.807, 2.05) is 61.5 Å². The van der Waals surface area contributed by atoms with E-state index in [9.17, 15) is 14.4 Å². The predicted molar refractivity (Wildman–Crippen MR) is 115 cm³/mol. The van der Waals surface area contributed by atoms with Crippen molar-refractivity contribution in [3.05, 3.63) is 83.4 Å². The number of amides is 2. The van der Waals surface area contributed by atoms with Crippen LogP contribution in [0.3, 0.4) is 0 Å². The molecule has 3 rings (SSSR count). The third-order valence-electron chi connectivity index (χ3n) is 4.75. The number of carbonyl (C=O) groups excluding carboxylic acids is 3. The average molecular weight is 404 g/mol. The van der Waals surface area contributed by atoms with Gasteiger partial charge >= 0.3 is 5.97 Å². The van der Waals surface area contributed by atoms with Crippen LogP contribution in [0.15, 0.2) is 66.7 Å². The summed E-state index contributed by atoms with van der Waals surface area (Å²) in [5, 5.41) is 7.20. The van der Waals surface area contributed by atoms with Crippen LogP contribution >= 0.6 is 0 Å². The van der Waals surface area contributed by atoms with Crippen LogP contribution in [0.5, 0.6) is 0 Å². The van der Waals surface area contributed by atoms with E-state index < -0.39 is 5.97 Å². The first-order valence-corrected chi connectivity index (χ1v) is 9.77. The summed E-state index contributed by atoms with van der Waals surface area (Å²) in [6.45, 7) is 1.80. The van der Waals surface area contributed by atoms with Crippen molar-refractivity contribution >= 4 is 28.6 Å². The van der Waals surface area contributed by atoms with Gasteiger partial charge in [-0.1, -0.05) is 54.6 Å². The van der Waals surface area contributed by atoms with E-state index in [-0.39, 0.29) is 25.0 Å². The number of rotatable bonds is 8. The predicted octanol–water partition coefficient (Wildman–Crippen LogP) is 2.78. The minimum atomic E-state index is -0.668. The van der Waals surface area contributed by atoms with Gasteiger partial charge in [0.15, 0.2) is 6.61 Å². The smallest absolute Gasteiger partial charge is 0.325 e. The van der Waals surface area contributed by atoms with Crippen molar-refractivity contribution in [2.45, 2.75) is 13.3 Å². The molecule has 0 saturated heterocycles. The van der Waals surface area contributed by atoms with Gasteiger partial charge in [-0.2, -0.15) is 0 Å². The Morgan fingerprint density at radius 3 is 2.40 bits per heavy atom. The van der Waals surface area contributed by atoms with E-state index >= 15 is 0 Å². The van der Waals surface area contributed by atoms with E-state index in [0.717, 1.165) is 16.3 Å². The Balaban J connectivity index is 1.37. The van der Waals surface area contributed by atoms with Crippen molar-refractivity contribution in [1.82, 2.24) is 10.6 Å². The molecule has 0 aliphatic heterocycles. The highest BCUT2D eigenvalue weighted by Gasteiger charge is 2.11. The van der Waals surface area contributed by atoms with Crippen LogP contribution in [-0.4, -0.2) is 37.5 Å². The molecule has 0 aliphatic rings. The Bertz CT molecular complexity index is 1060. The molecule has 0 aromatic heterocycles. The van der Waals surface area contributed by atoms with E-state index in [2.05, 4.69) is 10.6 Å². The molecular weight excluding hydrogens is 380 g/mol. The van der Waals surface area contributed by atoms with Gasteiger partial charge in [-0.05, 0) is 47.4 Å². The second-order valence-electron chi connectivity index (χ2n) is 6.93. The standard InChI is InChI=1S/C24H24N2O4/c1-17-6-2-3-7-18(17)12-13-25-22(27)16-30-23(28)15-26-24(29)21-11-10-19-8-4-5-9-20(19)14-21/h2-11,14H,12-13,15-16H2,1H3,(H,25,27)(H,26,29). The lowest BCUT2D eigenvalue weighted by Gasteiger charge is -2.09. The number of esters is 1. The summed E-state index contributed by atoms with van der Waals surface area (Å²) in [6.07, 6.45) is 0.703. The highest BCUT2D eigenvalue weighted by atomic mass is 16.5. The molecule has 0 spiro atoms. The van der Waals surface area contributed by atoms with Crippen LogP contribution in [0.25, 0.3) is 10.8 Å². The summed E-state index contributed by atoms with van der Waals surface area (Å²) in [5.41, 5.74) is 2.78. The summed E-state index contributed by atoms with van der Waals surface area (Å²) >= 11 is 0. The molecule has 0 atom stereocenters. The Morgan fingerprint density at radius 1 is 0.867 bits per heavy atom. The zero-order valence-corrected chi connectivity index (χ0v) is 16.8. The third-order valence-corrected chi connectivity index (χ3v) is 4.75. The number of carbonyl (C=O) groups is 3. The van der Waals surface area contributed by atoms with Gasteiger partial charge in [0.05, 0.1) is 0 Å². The zero-order chi connectivity index (χ0) is 21.3. The number of fused-ring (bicyclic) bond motifs is 1. The van der Waals surface area contributed by atoms with Crippen molar-refractivity contribution in [3.63, 3.8) is 0 Å². The quantitative estimate of drug-likeness (QED) is 0.566. The second kappa shape index (κ2) is 10.2. The minimum absolute atomic E-state index is 0.303. The largest absolute Gasteiger partial charge is 0.454 e. The monoisotopic (exact) mass is 404 g/mol. The molecule has 0 bridgehead atoms. The van der Waals surface area contributed by atoms with Crippen LogP contribution in [0.1, 0.15) is 21.5 Å². The van der Waals surface area contributed by atoms with Crippen LogP contribution in [0.4, 0.5) is 0 Å². The number of aryl methyl sites for hydroxylation is 1. The fourth-order valence-electron chi connectivity index (χ4n) is 3.06. The molecule has 6 heteroatoms. The fourth-order valence-corrected chi connectivity index (χ4v) is 3.06. The molecule has 0 saturated carbocycles. The van der Waals surface area contributed by atoms with Crippen molar-refractivity contribution in [3.8, 4) is 0 Å². The van der Waals surface area contributed by atoms with Gasteiger partial charge < -0.3 is 15.4 Å². The van der Waals surface area contributed by atoms with E-state index in [0.29, 0.717) is 18.5 Å². The molecule has 0 aliphatic carbocycles. The van der Waals surface area contributed by atoms with Crippen molar-refractivity contribution in [1.29, 1.82) is 0 Å². The van der Waals surface area contributed by atoms with Crippen LogP contribution < -0.4 is 10.6 Å². The van der Waals surface area contributed by atoms with Crippen molar-refractivity contribution in [2.75, 3.05) is 19.7 Å². The minimum Gasteiger partial charge on any atom is -0.454 e. The lowest BCUT2D eigenvalue weighted by Crippen LogP contribution is -2.34. The molecule has 3 aromatic rings. The Morgan fingerprint density at radius 2 is 1.60 bits per heavy atom. The SMILES string of the molecule is Cc1ccccc1CCNC(=O)COC(=O)CNC(=O)c1ccc2ccccc2c1. The van der Waals surface area contributed by atoms with Crippen LogP contribution in [0, 0.1) is 6.92 Å². The lowest BCUT2D eigenvalue weighted by atomic mass is 10.1. The van der Waals surface area contributed by atoms with Gasteiger partial charge in [-0.25, -0.2) is 0 Å². The van der Waals surface area contributed by atoms with Gasteiger partial charge in [-0.15, -0.1) is 0 Å². The van der Waals surface area contributed by atoms with E-state index in [1.165, 1.54) is 5.56 Å². The first-order valence-electron chi connectivity index (χ1n) is 9.77. The van der Waals surface area contributed by atoms with E-state index in [4.69, 9.17) is 4.74 Å². The summed E-state index contributed by atoms with van der Waals surface area (Å²) < 4.78 is 4.92. The lowest BCUT2D eigenvalue weighted by molar-refractivity contribution is -0.147. The number of nitrogens with one attached hydrogen (secondary N) is 2. The zero-order valence-electron chi connectivity index (χ0n) is 16.8. The molecule has 0 unspecified atom stereocenters. The summed E-state index contributed by atoms with van der Waals surface area (Å²) in [5.74, 6) is -1.42. The van der Waals surface area contributed by atoms with Gasteiger partial charge in [0.25, 0.3) is 11.8 Å².